The summed E-state index contributed by atoms with van der Waals surface area (Å²) in [7, 11) is 0. The summed E-state index contributed by atoms with van der Waals surface area (Å²) in [5, 5.41) is 0. The van der Waals surface area contributed by atoms with Gasteiger partial charge in [0.2, 0.25) is 0 Å². The zero-order valence-electron chi connectivity index (χ0n) is 2.70. The average Bonchev–Trinajstić information content (AvgIpc) is 0.811. The molecule has 4 heavy (non-hydrogen) atoms. The summed E-state index contributed by atoms with van der Waals surface area (Å²) in [4.78, 5) is 0. The van der Waals surface area contributed by atoms with E-state index in [9.17, 15) is 0 Å². The van der Waals surface area contributed by atoms with E-state index >= 15 is 0 Å². The van der Waals surface area contributed by atoms with E-state index in [-0.39, 0.29) is 5.92 Å². The molecule has 0 nitrogen and oxygen atoms in total. The fourth-order valence-electron chi connectivity index (χ4n) is 0. The summed E-state index contributed by atoms with van der Waals surface area (Å²) in [6, 6.07) is 0. The minimum atomic E-state index is 0.0833. The Kier molecular flexibility index (Phi) is 1.33. The van der Waals surface area contributed by atoms with E-state index < -0.39 is 0 Å². The Bertz CT molecular complexity index is 4.75. The molecule has 0 aliphatic heterocycles. The summed E-state index contributed by atoms with van der Waals surface area (Å²) >= 11 is 0. The van der Waals surface area contributed by atoms with Crippen LogP contribution in [-0.4, -0.2) is 0 Å². The summed E-state index contributed by atoms with van der Waals surface area (Å²) in [5.74, 6) is 0.0833. The molecular formula is C4H7. The van der Waals surface area contributed by atoms with Gasteiger partial charge in [-0.15, -0.1) is 0 Å². The van der Waals surface area contributed by atoms with Crippen LogP contribution in [0.2, 0.25) is 0 Å². The van der Waals surface area contributed by atoms with Crippen LogP contribution >= 0.6 is 0 Å². The molecule has 0 atom stereocenters. The Labute approximate surface area is 27.8 Å². The predicted molar refractivity (Wildman–Crippen MR) is 19.6 cm³/mol. The molecule has 3 radical (unpaired) electrons. The Morgan fingerprint density at radius 3 is 1.00 bits per heavy atom. The standard InChI is InChI=1S/C4H7/c1-4(2)3/h4H,1-3H2. The molecule has 0 N–H and O–H groups in total. The van der Waals surface area contributed by atoms with Gasteiger partial charge in [0.15, 0.2) is 0 Å². The lowest BCUT2D eigenvalue weighted by molar-refractivity contribution is 1.06. The Morgan fingerprint density at radius 2 is 1.00 bits per heavy atom. The number of hydrogen-bond donors (Lipinski definition) is 0. The molecule has 0 heteroatoms. The Hall–Kier alpha value is 0. The minimum absolute atomic E-state index is 0.0833. The molecule has 0 unspecified atom stereocenters. The third-order valence-electron chi connectivity index (χ3n) is 0. The highest BCUT2D eigenvalue weighted by Gasteiger charge is 1.69. The largest absolute Gasteiger partial charge is 0.0502 e. The van der Waals surface area contributed by atoms with Crippen LogP contribution in [0.25, 0.3) is 0 Å². The zero-order valence-corrected chi connectivity index (χ0v) is 2.70. The highest BCUT2D eigenvalue weighted by molar-refractivity contribution is 4.62. The second-order valence-corrected chi connectivity index (χ2v) is 0.866. The SMILES string of the molecule is [CH2]C([CH2])[CH2]. The third-order valence-corrected chi connectivity index (χ3v) is 0. The fourth-order valence-corrected chi connectivity index (χ4v) is 0. The van der Waals surface area contributed by atoms with Crippen LogP contribution in [0.15, 0.2) is 0 Å². The molecule has 0 aromatic carbocycles. The average molecular weight is 55.1 g/mol. The lowest BCUT2D eigenvalue weighted by atomic mass is 10.3. The first-order chi connectivity index (χ1) is 1.73. The van der Waals surface area contributed by atoms with Crippen LogP contribution < -0.4 is 0 Å². The van der Waals surface area contributed by atoms with Gasteiger partial charge in [-0.2, -0.15) is 0 Å². The molecule has 0 spiro atoms. The van der Waals surface area contributed by atoms with Gasteiger partial charge >= 0.3 is 0 Å². The van der Waals surface area contributed by atoms with Crippen molar-refractivity contribution < 1.29 is 0 Å². The molecule has 23 valence electrons. The molecule has 0 rings (SSSR count). The highest BCUT2D eigenvalue weighted by Crippen LogP contribution is 1.77. The summed E-state index contributed by atoms with van der Waals surface area (Å²) in [6.07, 6.45) is 0. The molecule has 0 bridgehead atoms. The molecule has 0 fully saturated rings. The van der Waals surface area contributed by atoms with Gasteiger partial charge in [-0.05, 0) is 5.92 Å². The molecule has 0 saturated heterocycles. The second-order valence-electron chi connectivity index (χ2n) is 0.866. The minimum Gasteiger partial charge on any atom is -0.0502 e. The maximum absolute atomic E-state index is 3.42. The van der Waals surface area contributed by atoms with Gasteiger partial charge < -0.3 is 0 Å². The van der Waals surface area contributed by atoms with Gasteiger partial charge in [-0.3, -0.25) is 0 Å². The maximum atomic E-state index is 3.42. The van der Waals surface area contributed by atoms with Crippen LogP contribution in [0.5, 0.6) is 0 Å². The Morgan fingerprint density at radius 1 is 1.00 bits per heavy atom. The third kappa shape index (κ3) is 0. The van der Waals surface area contributed by atoms with E-state index in [0.29, 0.717) is 0 Å². The summed E-state index contributed by atoms with van der Waals surface area (Å²) in [5.41, 5.74) is 0. The van der Waals surface area contributed by atoms with E-state index in [1.165, 1.54) is 0 Å². The molecule has 0 aliphatic rings. The van der Waals surface area contributed by atoms with Gasteiger partial charge in [0, 0.05) is 0 Å². The molecule has 0 amide bonds. The van der Waals surface area contributed by atoms with Crippen molar-refractivity contribution in [3.63, 3.8) is 0 Å². The van der Waals surface area contributed by atoms with Crippen LogP contribution in [0.3, 0.4) is 0 Å². The van der Waals surface area contributed by atoms with Crippen molar-refractivity contribution >= 4 is 0 Å². The monoisotopic (exact) mass is 55.1 g/mol. The number of rotatable bonds is 0. The first-order valence-electron chi connectivity index (χ1n) is 1.22. The van der Waals surface area contributed by atoms with Crippen LogP contribution in [-0.2, 0) is 0 Å². The van der Waals surface area contributed by atoms with Crippen molar-refractivity contribution in [2.75, 3.05) is 0 Å². The molecule has 0 saturated carbocycles. The first kappa shape index (κ1) is 4.00. The molecule has 0 heterocycles. The lowest BCUT2D eigenvalue weighted by Gasteiger charge is -1.78. The first-order valence-corrected chi connectivity index (χ1v) is 1.22. The second kappa shape index (κ2) is 1.33. The Balaban J connectivity index is 2.32. The van der Waals surface area contributed by atoms with Crippen LogP contribution in [0, 0.1) is 26.7 Å². The number of hydrogen-bond acceptors (Lipinski definition) is 0. The fraction of sp³-hybridized carbons (Fsp3) is 0.250. The smallest absolute Gasteiger partial charge is 0.0414 e. The molecule has 0 aliphatic carbocycles. The van der Waals surface area contributed by atoms with E-state index in [4.69, 9.17) is 0 Å². The van der Waals surface area contributed by atoms with Gasteiger partial charge in [0.25, 0.3) is 0 Å². The van der Waals surface area contributed by atoms with Crippen molar-refractivity contribution in [1.82, 2.24) is 0 Å². The van der Waals surface area contributed by atoms with E-state index in [1.54, 1.807) is 0 Å². The van der Waals surface area contributed by atoms with E-state index in [1.807, 2.05) is 0 Å². The summed E-state index contributed by atoms with van der Waals surface area (Å²) < 4.78 is 0. The normalized spacial score (nSPS) is 9.00. The van der Waals surface area contributed by atoms with Crippen molar-refractivity contribution in [3.05, 3.63) is 20.8 Å². The van der Waals surface area contributed by atoms with Crippen molar-refractivity contribution in [2.45, 2.75) is 0 Å². The summed E-state index contributed by atoms with van der Waals surface area (Å²) in [6.45, 7) is 10.2. The van der Waals surface area contributed by atoms with Gasteiger partial charge in [-0.25, -0.2) is 0 Å². The quantitative estimate of drug-likeness (QED) is 0.389. The van der Waals surface area contributed by atoms with Crippen molar-refractivity contribution in [3.8, 4) is 0 Å². The zero-order chi connectivity index (χ0) is 3.58. The maximum Gasteiger partial charge on any atom is -0.0414 e. The van der Waals surface area contributed by atoms with Crippen LogP contribution in [0.4, 0.5) is 0 Å². The van der Waals surface area contributed by atoms with Gasteiger partial charge in [0.1, 0.15) is 0 Å². The van der Waals surface area contributed by atoms with Crippen molar-refractivity contribution in [1.29, 1.82) is 0 Å². The lowest BCUT2D eigenvalue weighted by Crippen LogP contribution is -1.69. The van der Waals surface area contributed by atoms with Gasteiger partial charge in [0.05, 0.1) is 0 Å². The molecule has 0 aromatic heterocycles. The van der Waals surface area contributed by atoms with E-state index in [2.05, 4.69) is 20.8 Å². The van der Waals surface area contributed by atoms with E-state index in [0.717, 1.165) is 0 Å². The van der Waals surface area contributed by atoms with Crippen molar-refractivity contribution in [2.24, 2.45) is 5.92 Å². The molecule has 0 aromatic rings. The molecular weight excluding hydrogens is 48.0 g/mol. The predicted octanol–water partition coefficient (Wildman–Crippen LogP) is 1.10. The van der Waals surface area contributed by atoms with Gasteiger partial charge in [-0.1, -0.05) is 20.8 Å². The topological polar surface area (TPSA) is 0 Å². The van der Waals surface area contributed by atoms with Crippen LogP contribution in [0.1, 0.15) is 0 Å². The highest BCUT2D eigenvalue weighted by atomic mass is 13.7.